The monoisotopic (exact) mass is 299 g/mol. The van der Waals surface area contributed by atoms with E-state index in [2.05, 4.69) is 0 Å². The molecule has 6 heteroatoms. The fourth-order valence-electron chi connectivity index (χ4n) is 2.99. The van der Waals surface area contributed by atoms with Crippen molar-refractivity contribution in [3.63, 3.8) is 0 Å². The third kappa shape index (κ3) is 2.15. The molecule has 0 saturated carbocycles. The number of benzene rings is 1. The molecule has 1 aromatic rings. The number of halogens is 1. The fourth-order valence-corrected chi connectivity index (χ4v) is 5.12. The Morgan fingerprint density at radius 1 is 1.32 bits per heavy atom. The number of carbonyl (C=O) groups excluding carboxylic acids is 1. The molecule has 0 radical (unpaired) electrons. The van der Waals surface area contributed by atoms with Crippen LogP contribution in [0.2, 0.25) is 5.02 Å². The highest BCUT2D eigenvalue weighted by Gasteiger charge is 2.50. The second-order valence-corrected chi connectivity index (χ2v) is 7.88. The molecule has 2 heterocycles. The van der Waals surface area contributed by atoms with E-state index in [-0.39, 0.29) is 29.5 Å². The highest BCUT2D eigenvalue weighted by molar-refractivity contribution is 7.91. The first kappa shape index (κ1) is 12.9. The lowest BCUT2D eigenvalue weighted by Crippen LogP contribution is -2.67. The van der Waals surface area contributed by atoms with Gasteiger partial charge in [0.15, 0.2) is 9.84 Å². The molecular weight excluding hydrogens is 286 g/mol. The van der Waals surface area contributed by atoms with Crippen LogP contribution in [0.25, 0.3) is 0 Å². The van der Waals surface area contributed by atoms with Crippen LogP contribution in [-0.4, -0.2) is 42.8 Å². The van der Waals surface area contributed by atoms with Crippen LogP contribution >= 0.6 is 11.6 Å². The summed E-state index contributed by atoms with van der Waals surface area (Å²) in [4.78, 5) is 14.2. The van der Waals surface area contributed by atoms with E-state index in [0.29, 0.717) is 10.6 Å². The van der Waals surface area contributed by atoms with Gasteiger partial charge in [0, 0.05) is 22.7 Å². The Kier molecular flexibility index (Phi) is 2.87. The lowest BCUT2D eigenvalue weighted by atomic mass is 9.92. The standard InChI is InChI=1S/C13H14ClNO3S/c1-8-4-9(14)2-3-12(8)13(16)15-10-5-11(15)7-19(17,18)6-10/h2-4,10-11H,5-7H2,1H3. The van der Waals surface area contributed by atoms with Crippen LogP contribution in [0.5, 0.6) is 0 Å². The van der Waals surface area contributed by atoms with Crippen molar-refractivity contribution in [2.45, 2.75) is 25.4 Å². The zero-order valence-corrected chi connectivity index (χ0v) is 12.0. The van der Waals surface area contributed by atoms with E-state index in [0.717, 1.165) is 12.0 Å². The number of sulfone groups is 1. The lowest BCUT2D eigenvalue weighted by Gasteiger charge is -2.52. The van der Waals surface area contributed by atoms with E-state index < -0.39 is 9.84 Å². The van der Waals surface area contributed by atoms with E-state index in [4.69, 9.17) is 11.6 Å². The second-order valence-electron chi connectivity index (χ2n) is 5.29. The summed E-state index contributed by atoms with van der Waals surface area (Å²) in [6.07, 6.45) is 0.803. The molecule has 3 rings (SSSR count). The molecule has 2 atom stereocenters. The first-order valence-corrected chi connectivity index (χ1v) is 8.36. The van der Waals surface area contributed by atoms with Crippen LogP contribution in [0.3, 0.4) is 0 Å². The van der Waals surface area contributed by atoms with E-state index in [9.17, 15) is 13.2 Å². The summed E-state index contributed by atoms with van der Waals surface area (Å²) in [5, 5.41) is 0.598. The van der Waals surface area contributed by atoms with E-state index in [1.165, 1.54) is 0 Å². The molecule has 1 aromatic carbocycles. The average molecular weight is 300 g/mol. The van der Waals surface area contributed by atoms with Gasteiger partial charge >= 0.3 is 0 Å². The number of aryl methyl sites for hydroxylation is 1. The summed E-state index contributed by atoms with van der Waals surface area (Å²) in [7, 11) is -2.96. The summed E-state index contributed by atoms with van der Waals surface area (Å²) < 4.78 is 23.1. The van der Waals surface area contributed by atoms with Gasteiger partial charge in [-0.05, 0) is 37.1 Å². The number of fused-ring (bicyclic) bond motifs is 2. The number of likely N-dealkylation sites (tertiary alicyclic amines) is 1. The van der Waals surface area contributed by atoms with Crippen molar-refractivity contribution in [3.8, 4) is 0 Å². The van der Waals surface area contributed by atoms with Crippen molar-refractivity contribution in [1.29, 1.82) is 0 Å². The van der Waals surface area contributed by atoms with Gasteiger partial charge in [0.1, 0.15) is 0 Å². The van der Waals surface area contributed by atoms with Gasteiger partial charge in [0.25, 0.3) is 5.91 Å². The molecule has 1 amide bonds. The van der Waals surface area contributed by atoms with Crippen molar-refractivity contribution < 1.29 is 13.2 Å². The Balaban J connectivity index is 1.87. The Bertz CT molecular complexity index is 638. The predicted octanol–water partition coefficient (Wildman–Crippen LogP) is 1.66. The van der Waals surface area contributed by atoms with Gasteiger partial charge < -0.3 is 4.90 Å². The molecule has 2 aliphatic heterocycles. The molecule has 0 aromatic heterocycles. The van der Waals surface area contributed by atoms with E-state index in [1.807, 2.05) is 6.92 Å². The maximum absolute atomic E-state index is 12.5. The van der Waals surface area contributed by atoms with Crippen LogP contribution < -0.4 is 0 Å². The Morgan fingerprint density at radius 2 is 1.95 bits per heavy atom. The Morgan fingerprint density at radius 3 is 2.53 bits per heavy atom. The number of hydrogen-bond acceptors (Lipinski definition) is 3. The normalized spacial score (nSPS) is 27.8. The van der Waals surface area contributed by atoms with Crippen molar-refractivity contribution in [2.24, 2.45) is 0 Å². The highest BCUT2D eigenvalue weighted by atomic mass is 35.5. The largest absolute Gasteiger partial charge is 0.330 e. The molecule has 2 unspecified atom stereocenters. The van der Waals surface area contributed by atoms with Gasteiger partial charge in [-0.3, -0.25) is 4.79 Å². The minimum absolute atomic E-state index is 0.0784. The topological polar surface area (TPSA) is 54.5 Å². The minimum atomic E-state index is -2.96. The quantitative estimate of drug-likeness (QED) is 0.792. The summed E-state index contributed by atoms with van der Waals surface area (Å²) in [5.41, 5.74) is 1.43. The minimum Gasteiger partial charge on any atom is -0.330 e. The molecule has 2 bridgehead atoms. The molecule has 0 aliphatic carbocycles. The van der Waals surface area contributed by atoms with Gasteiger partial charge in [-0.25, -0.2) is 8.42 Å². The number of nitrogens with zero attached hydrogens (tertiary/aromatic N) is 1. The van der Waals surface area contributed by atoms with Crippen LogP contribution in [0, 0.1) is 6.92 Å². The van der Waals surface area contributed by atoms with Crippen LogP contribution in [0.4, 0.5) is 0 Å². The number of rotatable bonds is 1. The summed E-state index contributed by atoms with van der Waals surface area (Å²) in [6.45, 7) is 1.84. The van der Waals surface area contributed by atoms with Crippen molar-refractivity contribution in [1.82, 2.24) is 4.90 Å². The lowest BCUT2D eigenvalue weighted by molar-refractivity contribution is 0.0244. The van der Waals surface area contributed by atoms with Crippen molar-refractivity contribution in [2.75, 3.05) is 11.5 Å². The number of amides is 1. The van der Waals surface area contributed by atoms with Gasteiger partial charge in [-0.1, -0.05) is 11.6 Å². The molecule has 102 valence electrons. The Hall–Kier alpha value is -1.07. The molecule has 2 aliphatic rings. The van der Waals surface area contributed by atoms with Crippen molar-refractivity contribution >= 4 is 27.3 Å². The average Bonchev–Trinajstić information content (AvgIpc) is 2.26. The summed E-state index contributed by atoms with van der Waals surface area (Å²) >= 11 is 5.88. The summed E-state index contributed by atoms with van der Waals surface area (Å²) in [5.74, 6) is 0.120. The molecule has 19 heavy (non-hydrogen) atoms. The zero-order valence-electron chi connectivity index (χ0n) is 10.5. The number of hydrogen-bond donors (Lipinski definition) is 0. The molecule has 0 spiro atoms. The summed E-state index contributed by atoms with van der Waals surface area (Å²) in [6, 6.07) is 4.86. The molecule has 0 N–H and O–H groups in total. The van der Waals surface area contributed by atoms with Crippen LogP contribution in [-0.2, 0) is 9.84 Å². The second kappa shape index (κ2) is 4.21. The molecule has 2 fully saturated rings. The smallest absolute Gasteiger partial charge is 0.254 e. The van der Waals surface area contributed by atoms with E-state index >= 15 is 0 Å². The van der Waals surface area contributed by atoms with Gasteiger partial charge in [-0.15, -0.1) is 0 Å². The van der Waals surface area contributed by atoms with Crippen molar-refractivity contribution in [3.05, 3.63) is 34.3 Å². The third-order valence-corrected chi connectivity index (χ3v) is 5.90. The maximum atomic E-state index is 12.5. The first-order valence-electron chi connectivity index (χ1n) is 6.16. The third-order valence-electron chi connectivity index (χ3n) is 3.88. The fraction of sp³-hybridized carbons (Fsp3) is 0.462. The van der Waals surface area contributed by atoms with Crippen LogP contribution in [0.15, 0.2) is 18.2 Å². The Labute approximate surface area is 117 Å². The molecular formula is C13H14ClNO3S. The number of carbonyl (C=O) groups is 1. The predicted molar refractivity (Wildman–Crippen MR) is 73.2 cm³/mol. The molecule has 4 nitrogen and oxygen atoms in total. The van der Waals surface area contributed by atoms with Gasteiger partial charge in [0.05, 0.1) is 11.5 Å². The van der Waals surface area contributed by atoms with Gasteiger partial charge in [-0.2, -0.15) is 0 Å². The SMILES string of the molecule is Cc1cc(Cl)ccc1C(=O)N1C2CC1CS(=O)(=O)C2. The zero-order chi connectivity index (χ0) is 13.8. The molecule has 2 saturated heterocycles. The highest BCUT2D eigenvalue weighted by Crippen LogP contribution is 2.35. The maximum Gasteiger partial charge on any atom is 0.254 e. The van der Waals surface area contributed by atoms with Crippen LogP contribution in [0.1, 0.15) is 22.3 Å². The van der Waals surface area contributed by atoms with Gasteiger partial charge in [0.2, 0.25) is 0 Å². The van der Waals surface area contributed by atoms with E-state index in [1.54, 1.807) is 23.1 Å². The first-order chi connectivity index (χ1) is 8.87.